The summed E-state index contributed by atoms with van der Waals surface area (Å²) >= 11 is 5.25. The lowest BCUT2D eigenvalue weighted by molar-refractivity contribution is -0.0852. The van der Waals surface area contributed by atoms with Gasteiger partial charge in [0.25, 0.3) is 0 Å². The molecule has 7 nitrogen and oxygen atoms in total. The maximum Gasteiger partial charge on any atom is 0.243 e. The van der Waals surface area contributed by atoms with Crippen molar-refractivity contribution >= 4 is 27.3 Å². The van der Waals surface area contributed by atoms with Gasteiger partial charge in [0.1, 0.15) is 25.0 Å². The summed E-state index contributed by atoms with van der Waals surface area (Å²) in [5, 5.41) is 8.76. The van der Waals surface area contributed by atoms with E-state index in [1.807, 2.05) is 0 Å². The van der Waals surface area contributed by atoms with E-state index >= 15 is 0 Å². The summed E-state index contributed by atoms with van der Waals surface area (Å²) < 4.78 is 43.9. The molecule has 1 N–H and O–H groups in total. The first-order valence-corrected chi connectivity index (χ1v) is 10.1. The van der Waals surface area contributed by atoms with Gasteiger partial charge in [-0.2, -0.15) is 4.31 Å². The molecule has 0 aromatic heterocycles. The molecule has 0 bridgehead atoms. The Morgan fingerprint density at radius 3 is 2.63 bits per heavy atom. The maximum absolute atomic E-state index is 13.2. The molecule has 148 valence electrons. The van der Waals surface area contributed by atoms with Crippen molar-refractivity contribution < 1.29 is 27.7 Å². The molecule has 1 aliphatic heterocycles. The highest BCUT2D eigenvalue weighted by Gasteiger charge is 2.47. The second-order valence-electron chi connectivity index (χ2n) is 6.27. The summed E-state index contributed by atoms with van der Waals surface area (Å²) in [6.07, 6.45) is 0. The molecule has 0 spiro atoms. The van der Waals surface area contributed by atoms with E-state index in [4.69, 9.17) is 31.5 Å². The van der Waals surface area contributed by atoms with Gasteiger partial charge in [-0.1, -0.05) is 11.8 Å². The van der Waals surface area contributed by atoms with Crippen LogP contribution in [0.5, 0.6) is 5.75 Å². The number of aliphatic hydroxyl groups is 1. The standard InChI is InChI=1S/C18H23NO6S2/c1-18(2)16(17(26)23-3)19(10-13-25-18)27(21,22)15-8-6-14(7-9-15)24-12-5-4-11-20/h6-9,16,20H,10-13H2,1-3H3/t16-/m1/s1. The molecule has 9 heteroatoms. The molecular weight excluding hydrogens is 390 g/mol. The number of rotatable bonds is 5. The summed E-state index contributed by atoms with van der Waals surface area (Å²) in [4.78, 5) is 0.123. The summed E-state index contributed by atoms with van der Waals surface area (Å²) in [6, 6.07) is 5.34. The van der Waals surface area contributed by atoms with Crippen molar-refractivity contribution in [3.63, 3.8) is 0 Å². The number of hydrogen-bond acceptors (Lipinski definition) is 7. The number of hydrogen-bond donors (Lipinski definition) is 1. The molecule has 1 fully saturated rings. The lowest BCUT2D eigenvalue weighted by Gasteiger charge is -2.44. The van der Waals surface area contributed by atoms with E-state index in [9.17, 15) is 8.42 Å². The van der Waals surface area contributed by atoms with Crippen LogP contribution < -0.4 is 4.74 Å². The van der Waals surface area contributed by atoms with Gasteiger partial charge in [0, 0.05) is 6.54 Å². The number of nitrogens with zero attached hydrogens (tertiary/aromatic N) is 1. The fourth-order valence-electron chi connectivity index (χ4n) is 2.80. The quantitative estimate of drug-likeness (QED) is 0.574. The molecule has 0 radical (unpaired) electrons. The SMILES string of the molecule is COC(=S)[C@H]1N(S(=O)(=O)c2ccc(OCC#CCO)cc2)CCOC1(C)C. The van der Waals surface area contributed by atoms with Gasteiger partial charge < -0.3 is 19.3 Å². The van der Waals surface area contributed by atoms with Crippen molar-refractivity contribution in [2.45, 2.75) is 30.4 Å². The molecule has 1 aromatic carbocycles. The van der Waals surface area contributed by atoms with Crippen molar-refractivity contribution in [2.75, 3.05) is 33.5 Å². The topological polar surface area (TPSA) is 85.3 Å². The number of benzene rings is 1. The van der Waals surface area contributed by atoms with Crippen molar-refractivity contribution in [2.24, 2.45) is 0 Å². The molecule has 1 saturated heterocycles. The van der Waals surface area contributed by atoms with Crippen LogP contribution in [0.3, 0.4) is 0 Å². The van der Waals surface area contributed by atoms with Crippen LogP contribution >= 0.6 is 12.2 Å². The highest BCUT2D eigenvalue weighted by atomic mass is 32.2. The van der Waals surface area contributed by atoms with Crippen molar-refractivity contribution in [1.29, 1.82) is 0 Å². The molecule has 27 heavy (non-hydrogen) atoms. The Kier molecular flexibility index (Phi) is 7.19. The first-order valence-electron chi connectivity index (χ1n) is 8.27. The van der Waals surface area contributed by atoms with Crippen LogP contribution in [0.1, 0.15) is 13.8 Å². The first kappa shape index (κ1) is 21.6. The van der Waals surface area contributed by atoms with Gasteiger partial charge in [-0.05, 0) is 50.3 Å². The highest BCUT2D eigenvalue weighted by molar-refractivity contribution is 7.89. The average Bonchev–Trinajstić information content (AvgIpc) is 2.64. The van der Waals surface area contributed by atoms with Gasteiger partial charge in [0.05, 0.1) is 24.2 Å². The Morgan fingerprint density at radius 1 is 1.37 bits per heavy atom. The largest absolute Gasteiger partial charge is 0.488 e. The smallest absolute Gasteiger partial charge is 0.243 e. The third-order valence-electron chi connectivity index (χ3n) is 4.10. The van der Waals surface area contributed by atoms with Crippen LogP contribution in [0.15, 0.2) is 29.2 Å². The van der Waals surface area contributed by atoms with Crippen LogP contribution in [0.4, 0.5) is 0 Å². The number of thiocarbonyl (C=S) groups is 1. The van der Waals surface area contributed by atoms with Gasteiger partial charge in [-0.15, -0.1) is 0 Å². The second-order valence-corrected chi connectivity index (χ2v) is 8.56. The zero-order valence-corrected chi connectivity index (χ0v) is 17.1. The molecule has 0 unspecified atom stereocenters. The molecule has 0 aliphatic carbocycles. The number of sulfonamides is 1. The predicted molar refractivity (Wildman–Crippen MR) is 104 cm³/mol. The number of methoxy groups -OCH3 is 1. The Balaban J connectivity index is 2.26. The Bertz CT molecular complexity index is 824. The van der Waals surface area contributed by atoms with Gasteiger partial charge in [-0.3, -0.25) is 0 Å². The zero-order valence-electron chi connectivity index (χ0n) is 15.5. The lowest BCUT2D eigenvalue weighted by Crippen LogP contribution is -2.61. The minimum Gasteiger partial charge on any atom is -0.488 e. The van der Waals surface area contributed by atoms with E-state index in [2.05, 4.69) is 11.8 Å². The number of ether oxygens (including phenoxy) is 3. The van der Waals surface area contributed by atoms with E-state index in [1.165, 1.54) is 23.5 Å². The van der Waals surface area contributed by atoms with Gasteiger partial charge in [0.15, 0.2) is 5.05 Å². The summed E-state index contributed by atoms with van der Waals surface area (Å²) in [7, 11) is -2.39. The monoisotopic (exact) mass is 413 g/mol. The molecular formula is C18H23NO6S2. The van der Waals surface area contributed by atoms with Crippen LogP contribution in [-0.2, 0) is 19.5 Å². The van der Waals surface area contributed by atoms with E-state index in [-0.39, 0.29) is 36.3 Å². The van der Waals surface area contributed by atoms with Crippen LogP contribution in [0.2, 0.25) is 0 Å². The average molecular weight is 414 g/mol. The first-order chi connectivity index (χ1) is 12.7. The molecule has 0 saturated carbocycles. The Morgan fingerprint density at radius 2 is 2.04 bits per heavy atom. The highest BCUT2D eigenvalue weighted by Crippen LogP contribution is 2.31. The van der Waals surface area contributed by atoms with Gasteiger partial charge in [0.2, 0.25) is 10.0 Å². The number of morpholine rings is 1. The van der Waals surface area contributed by atoms with Crippen LogP contribution in [0.25, 0.3) is 0 Å². The fraction of sp³-hybridized carbons (Fsp3) is 0.500. The second kappa shape index (κ2) is 8.99. The van der Waals surface area contributed by atoms with E-state index in [0.29, 0.717) is 5.75 Å². The van der Waals surface area contributed by atoms with Crippen LogP contribution in [-0.4, -0.2) is 68.0 Å². The summed E-state index contributed by atoms with van der Waals surface area (Å²) in [5.41, 5.74) is -0.813. The van der Waals surface area contributed by atoms with Crippen molar-refractivity contribution in [3.8, 4) is 17.6 Å². The predicted octanol–water partition coefficient (Wildman–Crippen LogP) is 1.20. The Labute approximate surface area is 165 Å². The molecule has 2 rings (SSSR count). The number of aliphatic hydroxyl groups excluding tert-OH is 1. The normalized spacial score (nSPS) is 19.6. The van der Waals surface area contributed by atoms with Crippen LogP contribution in [0, 0.1) is 11.8 Å². The van der Waals surface area contributed by atoms with Gasteiger partial charge in [-0.25, -0.2) is 8.42 Å². The zero-order chi connectivity index (χ0) is 20.1. The summed E-state index contributed by atoms with van der Waals surface area (Å²) in [6.45, 7) is 3.88. The van der Waals surface area contributed by atoms with E-state index < -0.39 is 21.7 Å². The Hall–Kier alpha value is -1.70. The third kappa shape index (κ3) is 4.97. The minimum absolute atomic E-state index is 0.106. The molecule has 1 aliphatic rings. The van der Waals surface area contributed by atoms with E-state index in [0.717, 1.165) is 0 Å². The van der Waals surface area contributed by atoms with Crippen molar-refractivity contribution in [3.05, 3.63) is 24.3 Å². The maximum atomic E-state index is 13.2. The fourth-order valence-corrected chi connectivity index (χ4v) is 4.97. The van der Waals surface area contributed by atoms with Crippen molar-refractivity contribution in [1.82, 2.24) is 4.31 Å². The molecule has 1 aromatic rings. The minimum atomic E-state index is -3.81. The van der Waals surface area contributed by atoms with Gasteiger partial charge >= 0.3 is 0 Å². The lowest BCUT2D eigenvalue weighted by atomic mass is 9.97. The molecule has 0 amide bonds. The van der Waals surface area contributed by atoms with E-state index in [1.54, 1.807) is 26.0 Å². The third-order valence-corrected chi connectivity index (χ3v) is 6.37. The molecule has 1 atom stereocenters. The molecule has 1 heterocycles. The summed E-state index contributed by atoms with van der Waals surface area (Å²) in [5.74, 6) is 5.57.